The van der Waals surface area contributed by atoms with Crippen LogP contribution in [0.2, 0.25) is 0 Å². The summed E-state index contributed by atoms with van der Waals surface area (Å²) in [6.45, 7) is 4.78. The van der Waals surface area contributed by atoms with E-state index in [9.17, 15) is 8.42 Å². The number of nitrogens with zero attached hydrogens (tertiary/aromatic N) is 4. The minimum absolute atomic E-state index is 0.286. The Kier molecular flexibility index (Phi) is 5.90. The Hall–Kier alpha value is -1.97. The zero-order chi connectivity index (χ0) is 18.6. The second-order valence-electron chi connectivity index (χ2n) is 6.21. The van der Waals surface area contributed by atoms with Crippen LogP contribution in [0.4, 0.5) is 0 Å². The summed E-state index contributed by atoms with van der Waals surface area (Å²) < 4.78 is 37.3. The van der Waals surface area contributed by atoms with Gasteiger partial charge >= 0.3 is 0 Å². The Balaban J connectivity index is 1.58. The average Bonchev–Trinajstić information content (AvgIpc) is 3.09. The van der Waals surface area contributed by atoms with E-state index in [1.54, 1.807) is 31.4 Å². The number of methoxy groups -OCH3 is 1. The largest absolute Gasteiger partial charge is 0.497 e. The van der Waals surface area contributed by atoms with Gasteiger partial charge in [0.15, 0.2) is 5.82 Å². The minimum Gasteiger partial charge on any atom is -0.497 e. The van der Waals surface area contributed by atoms with E-state index in [-0.39, 0.29) is 4.90 Å². The lowest BCUT2D eigenvalue weighted by Crippen LogP contribution is -2.48. The SMILES string of the molecule is CCCc1nc(CN2CCN(S(=O)(=O)c3ccc(OC)cc3)CC2)no1. The summed E-state index contributed by atoms with van der Waals surface area (Å²) >= 11 is 0. The van der Waals surface area contributed by atoms with Gasteiger partial charge in [0.1, 0.15) is 5.75 Å². The topological polar surface area (TPSA) is 88.8 Å². The molecule has 8 nitrogen and oxygen atoms in total. The van der Waals surface area contributed by atoms with Crippen LogP contribution >= 0.6 is 0 Å². The summed E-state index contributed by atoms with van der Waals surface area (Å²) in [7, 11) is -1.93. The van der Waals surface area contributed by atoms with Gasteiger partial charge in [-0.25, -0.2) is 8.42 Å². The number of benzene rings is 1. The molecule has 3 rings (SSSR count). The van der Waals surface area contributed by atoms with E-state index < -0.39 is 10.0 Å². The van der Waals surface area contributed by atoms with Crippen molar-refractivity contribution in [2.75, 3.05) is 33.3 Å². The van der Waals surface area contributed by atoms with Gasteiger partial charge in [0.05, 0.1) is 18.6 Å². The Bertz CT molecular complexity index is 812. The van der Waals surface area contributed by atoms with Gasteiger partial charge in [-0.15, -0.1) is 0 Å². The molecule has 142 valence electrons. The Morgan fingerprint density at radius 2 is 1.85 bits per heavy atom. The van der Waals surface area contributed by atoms with Gasteiger partial charge in [0, 0.05) is 32.6 Å². The Morgan fingerprint density at radius 3 is 2.46 bits per heavy atom. The molecule has 1 aliphatic heterocycles. The fourth-order valence-electron chi connectivity index (χ4n) is 2.89. The Labute approximate surface area is 153 Å². The molecule has 26 heavy (non-hydrogen) atoms. The summed E-state index contributed by atoms with van der Waals surface area (Å²) in [4.78, 5) is 6.79. The summed E-state index contributed by atoms with van der Waals surface area (Å²) in [5.74, 6) is 1.94. The van der Waals surface area contributed by atoms with Crippen molar-refractivity contribution in [1.82, 2.24) is 19.3 Å². The molecule has 1 aliphatic rings. The number of sulfonamides is 1. The highest BCUT2D eigenvalue weighted by molar-refractivity contribution is 7.89. The van der Waals surface area contributed by atoms with Gasteiger partial charge in [0.25, 0.3) is 0 Å². The second-order valence-corrected chi connectivity index (χ2v) is 8.15. The number of hydrogen-bond acceptors (Lipinski definition) is 7. The maximum Gasteiger partial charge on any atom is 0.243 e. The van der Waals surface area contributed by atoms with Crippen LogP contribution in [-0.2, 0) is 23.0 Å². The maximum absolute atomic E-state index is 12.8. The van der Waals surface area contributed by atoms with Gasteiger partial charge in [-0.2, -0.15) is 9.29 Å². The quantitative estimate of drug-likeness (QED) is 0.720. The van der Waals surface area contributed by atoms with Crippen LogP contribution in [0.15, 0.2) is 33.7 Å². The van der Waals surface area contributed by atoms with E-state index >= 15 is 0 Å². The van der Waals surface area contributed by atoms with Crippen LogP contribution in [0.1, 0.15) is 25.1 Å². The van der Waals surface area contributed by atoms with Crippen LogP contribution in [0.25, 0.3) is 0 Å². The van der Waals surface area contributed by atoms with Crippen molar-refractivity contribution in [3.8, 4) is 5.75 Å². The van der Waals surface area contributed by atoms with Gasteiger partial charge in [-0.05, 0) is 30.7 Å². The first-order chi connectivity index (χ1) is 12.5. The highest BCUT2D eigenvalue weighted by atomic mass is 32.2. The van der Waals surface area contributed by atoms with E-state index in [4.69, 9.17) is 9.26 Å². The molecule has 1 aromatic carbocycles. The van der Waals surface area contributed by atoms with E-state index in [1.165, 1.54) is 4.31 Å². The first kappa shape index (κ1) is 18.8. The van der Waals surface area contributed by atoms with Gasteiger partial charge in [-0.1, -0.05) is 12.1 Å². The Morgan fingerprint density at radius 1 is 1.15 bits per heavy atom. The number of ether oxygens (including phenoxy) is 1. The van der Waals surface area contributed by atoms with Crippen molar-refractivity contribution in [1.29, 1.82) is 0 Å². The van der Waals surface area contributed by atoms with Crippen molar-refractivity contribution in [2.45, 2.75) is 31.2 Å². The molecule has 1 aromatic heterocycles. The lowest BCUT2D eigenvalue weighted by molar-refractivity contribution is 0.176. The van der Waals surface area contributed by atoms with Crippen LogP contribution in [0, 0.1) is 0 Å². The third-order valence-electron chi connectivity index (χ3n) is 4.37. The standard InChI is InChI=1S/C17H24N4O4S/c1-3-4-17-18-16(19-25-17)13-20-9-11-21(12-10-20)26(22,23)15-7-5-14(24-2)6-8-15/h5-8H,3-4,9-13H2,1-2H3. The van der Waals surface area contributed by atoms with Gasteiger partial charge < -0.3 is 9.26 Å². The van der Waals surface area contributed by atoms with E-state index in [0.717, 1.165) is 12.8 Å². The lowest BCUT2D eigenvalue weighted by atomic mass is 10.3. The summed E-state index contributed by atoms with van der Waals surface area (Å²) in [5, 5.41) is 3.99. The maximum atomic E-state index is 12.8. The molecule has 0 amide bonds. The molecule has 0 N–H and O–H groups in total. The normalized spacial score (nSPS) is 16.7. The van der Waals surface area contributed by atoms with Crippen LogP contribution in [0.5, 0.6) is 5.75 Å². The molecule has 1 saturated heterocycles. The predicted octanol–water partition coefficient (Wildman–Crippen LogP) is 1.54. The van der Waals surface area contributed by atoms with Crippen molar-refractivity contribution in [3.05, 3.63) is 36.0 Å². The number of hydrogen-bond donors (Lipinski definition) is 0. The van der Waals surface area contributed by atoms with Crippen LogP contribution < -0.4 is 4.74 Å². The number of rotatable bonds is 7. The van der Waals surface area contributed by atoms with Crippen LogP contribution in [-0.4, -0.2) is 61.1 Å². The average molecular weight is 380 g/mol. The summed E-state index contributed by atoms with van der Waals surface area (Å²) in [5.41, 5.74) is 0. The molecular weight excluding hydrogens is 356 g/mol. The van der Waals surface area contributed by atoms with Crippen molar-refractivity contribution in [3.63, 3.8) is 0 Å². The minimum atomic E-state index is -3.49. The first-order valence-corrected chi connectivity index (χ1v) is 10.1. The molecule has 1 fully saturated rings. The molecule has 0 saturated carbocycles. The zero-order valence-corrected chi connectivity index (χ0v) is 15.9. The molecule has 0 aliphatic carbocycles. The molecule has 9 heteroatoms. The predicted molar refractivity (Wildman–Crippen MR) is 95.3 cm³/mol. The van der Waals surface area contributed by atoms with E-state index in [2.05, 4.69) is 22.0 Å². The second kappa shape index (κ2) is 8.15. The smallest absolute Gasteiger partial charge is 0.243 e. The number of piperazine rings is 1. The third-order valence-corrected chi connectivity index (χ3v) is 6.28. The highest BCUT2D eigenvalue weighted by Crippen LogP contribution is 2.21. The third kappa shape index (κ3) is 4.22. The molecule has 0 spiro atoms. The fraction of sp³-hybridized carbons (Fsp3) is 0.529. The lowest BCUT2D eigenvalue weighted by Gasteiger charge is -2.33. The monoisotopic (exact) mass is 380 g/mol. The van der Waals surface area contributed by atoms with Crippen molar-refractivity contribution in [2.24, 2.45) is 0 Å². The highest BCUT2D eigenvalue weighted by Gasteiger charge is 2.29. The fourth-order valence-corrected chi connectivity index (χ4v) is 4.32. The summed E-state index contributed by atoms with van der Waals surface area (Å²) in [6.07, 6.45) is 1.74. The molecular formula is C17H24N4O4S. The molecule has 0 atom stereocenters. The van der Waals surface area contributed by atoms with Crippen molar-refractivity contribution < 1.29 is 17.7 Å². The van der Waals surface area contributed by atoms with E-state index in [0.29, 0.717) is 50.2 Å². The molecule has 2 aromatic rings. The van der Waals surface area contributed by atoms with Gasteiger partial charge in [-0.3, -0.25) is 4.90 Å². The van der Waals surface area contributed by atoms with E-state index in [1.807, 2.05) is 0 Å². The van der Waals surface area contributed by atoms with Crippen LogP contribution in [0.3, 0.4) is 0 Å². The number of aryl methyl sites for hydroxylation is 1. The first-order valence-electron chi connectivity index (χ1n) is 8.71. The molecule has 0 unspecified atom stereocenters. The molecule has 0 radical (unpaired) electrons. The zero-order valence-electron chi connectivity index (χ0n) is 15.1. The number of aromatic nitrogens is 2. The van der Waals surface area contributed by atoms with Gasteiger partial charge in [0.2, 0.25) is 15.9 Å². The van der Waals surface area contributed by atoms with Crippen molar-refractivity contribution >= 4 is 10.0 Å². The molecule has 0 bridgehead atoms. The summed E-state index contributed by atoms with van der Waals surface area (Å²) in [6, 6.07) is 6.48. The molecule has 2 heterocycles.